The summed E-state index contributed by atoms with van der Waals surface area (Å²) >= 11 is 0. The minimum absolute atomic E-state index is 0.162. The number of benzene rings is 7. The van der Waals surface area contributed by atoms with Gasteiger partial charge in [0.2, 0.25) is 0 Å². The fourth-order valence-corrected chi connectivity index (χ4v) is 9.37. The first kappa shape index (κ1) is 53.3. The Balaban J connectivity index is 0.000000161. The Morgan fingerprint density at radius 2 is 1.03 bits per heavy atom. The lowest BCUT2D eigenvalue weighted by atomic mass is 9.77. The first-order chi connectivity index (χ1) is 32.9. The van der Waals surface area contributed by atoms with Gasteiger partial charge in [0.15, 0.2) is 11.5 Å². The predicted octanol–water partition coefficient (Wildman–Crippen LogP) is 16.2. The fraction of sp³-hybridized carbons (Fsp3) is 0.371. The third-order valence-electron chi connectivity index (χ3n) is 15.1. The molecule has 7 atom stereocenters. The van der Waals surface area contributed by atoms with Crippen LogP contribution in [0.5, 0.6) is 34.5 Å². The van der Waals surface area contributed by atoms with Crippen LogP contribution >= 0.6 is 0 Å². The van der Waals surface area contributed by atoms with Crippen LogP contribution in [0, 0.1) is 23.2 Å². The maximum absolute atomic E-state index is 9.75. The van der Waals surface area contributed by atoms with Crippen molar-refractivity contribution in [3.8, 4) is 40.6 Å². The van der Waals surface area contributed by atoms with Crippen molar-refractivity contribution in [1.82, 2.24) is 0 Å². The molecular weight excluding hydrogens is 855 g/mol. The van der Waals surface area contributed by atoms with Gasteiger partial charge in [0.05, 0.1) is 11.5 Å². The quantitative estimate of drug-likeness (QED) is 0.0911. The van der Waals surface area contributed by atoms with Gasteiger partial charge in [-0.15, -0.1) is 0 Å². The molecule has 0 aromatic heterocycles. The number of phenolic OH excluding ortho intramolecular Hbond substituents is 6. The highest BCUT2D eigenvalue weighted by atomic mass is 16.3. The summed E-state index contributed by atoms with van der Waals surface area (Å²) in [5.41, 5.74) is 8.28. The number of fused-ring (bicyclic) bond motifs is 4. The number of hydrogen-bond acceptors (Lipinski definition) is 7. The zero-order valence-electron chi connectivity index (χ0n) is 42.5. The molecule has 7 heteroatoms. The second-order valence-corrected chi connectivity index (χ2v) is 19.6. The Morgan fingerprint density at radius 3 is 1.61 bits per heavy atom. The molecule has 0 saturated heterocycles. The largest absolute Gasteiger partial charge is 0.508 e. The minimum Gasteiger partial charge on any atom is -0.508 e. The second kappa shape index (κ2) is 24.1. The number of phenols is 6. The molecule has 9 rings (SSSR count). The summed E-state index contributed by atoms with van der Waals surface area (Å²) in [6.45, 7) is 21.6. The van der Waals surface area contributed by atoms with E-state index in [9.17, 15) is 25.5 Å². The van der Waals surface area contributed by atoms with Crippen LogP contribution in [-0.4, -0.2) is 30.6 Å². The van der Waals surface area contributed by atoms with Gasteiger partial charge >= 0.3 is 0 Å². The van der Waals surface area contributed by atoms with Crippen molar-refractivity contribution in [3.05, 3.63) is 166 Å². The van der Waals surface area contributed by atoms with E-state index >= 15 is 0 Å². The maximum Gasteiger partial charge on any atom is 0.157 e. The SMILES string of the molecule is CC1CCc2cc(O)ccc2C1C.CC1Cc2cc(O)ccc2C1C.CCC(C)(C#N)c1ccc(O)c(O)c1.CCC(C)c1ccc(O)c2ccccc12.CCC(C)c1cccc2c(O)cccc12. The smallest absolute Gasteiger partial charge is 0.157 e. The molecule has 0 aliphatic heterocycles. The summed E-state index contributed by atoms with van der Waals surface area (Å²) in [5.74, 6) is 5.07. The lowest BCUT2D eigenvalue weighted by Gasteiger charge is -2.28. The number of nitrogens with zero attached hydrogens (tertiary/aromatic N) is 1. The lowest BCUT2D eigenvalue weighted by molar-refractivity contribution is 0.401. The minimum atomic E-state index is -0.606. The molecule has 0 amide bonds. The van der Waals surface area contributed by atoms with Gasteiger partial charge < -0.3 is 30.6 Å². The Bertz CT molecular complexity index is 2800. The zero-order valence-corrected chi connectivity index (χ0v) is 42.5. The van der Waals surface area contributed by atoms with Gasteiger partial charge in [-0.05, 0) is 179 Å². The molecule has 2 aliphatic rings. The van der Waals surface area contributed by atoms with Crippen molar-refractivity contribution < 1.29 is 30.6 Å². The van der Waals surface area contributed by atoms with Crippen LogP contribution in [0.1, 0.15) is 158 Å². The number of aryl methyl sites for hydroxylation is 1. The molecule has 0 saturated carbocycles. The monoisotopic (exact) mass is 930 g/mol. The average Bonchev–Trinajstić information content (AvgIpc) is 3.64. The molecule has 7 aromatic rings. The van der Waals surface area contributed by atoms with Gasteiger partial charge in [-0.25, -0.2) is 0 Å². The van der Waals surface area contributed by atoms with E-state index in [1.165, 1.54) is 62.7 Å². The summed E-state index contributed by atoms with van der Waals surface area (Å²) in [4.78, 5) is 0. The van der Waals surface area contributed by atoms with Gasteiger partial charge in [-0.2, -0.15) is 5.26 Å². The maximum atomic E-state index is 9.75. The number of aromatic hydroxyl groups is 6. The Morgan fingerprint density at radius 1 is 0.536 bits per heavy atom. The van der Waals surface area contributed by atoms with Crippen LogP contribution in [-0.2, 0) is 18.3 Å². The summed E-state index contributed by atoms with van der Waals surface area (Å²) in [7, 11) is 0. The molecule has 0 heterocycles. The third kappa shape index (κ3) is 12.9. The first-order valence-corrected chi connectivity index (χ1v) is 24.9. The van der Waals surface area contributed by atoms with E-state index in [-0.39, 0.29) is 11.5 Å². The Kier molecular flexibility index (Phi) is 18.6. The summed E-state index contributed by atoms with van der Waals surface area (Å²) in [6.07, 6.45) is 6.38. The van der Waals surface area contributed by atoms with Crippen LogP contribution in [0.2, 0.25) is 0 Å². The van der Waals surface area contributed by atoms with Gasteiger partial charge in [0.1, 0.15) is 23.0 Å². The Labute approximate surface area is 411 Å². The van der Waals surface area contributed by atoms with E-state index in [1.807, 2.05) is 61.5 Å². The van der Waals surface area contributed by atoms with Gasteiger partial charge in [-0.3, -0.25) is 0 Å². The molecule has 69 heavy (non-hydrogen) atoms. The fourth-order valence-electron chi connectivity index (χ4n) is 9.37. The number of nitriles is 1. The zero-order chi connectivity index (χ0) is 50.6. The summed E-state index contributed by atoms with van der Waals surface area (Å²) in [5, 5.41) is 69.8. The van der Waals surface area contributed by atoms with Gasteiger partial charge in [-0.1, -0.05) is 141 Å². The molecule has 7 aromatic carbocycles. The second-order valence-electron chi connectivity index (χ2n) is 19.6. The highest BCUT2D eigenvalue weighted by Crippen LogP contribution is 2.40. The first-order valence-electron chi connectivity index (χ1n) is 24.9. The molecule has 7 unspecified atom stereocenters. The molecule has 7 nitrogen and oxygen atoms in total. The van der Waals surface area contributed by atoms with Crippen molar-refractivity contribution in [2.24, 2.45) is 11.8 Å². The molecule has 0 fully saturated rings. The summed E-state index contributed by atoms with van der Waals surface area (Å²) in [6, 6.07) is 41.9. The van der Waals surface area contributed by atoms with E-state index in [4.69, 9.17) is 10.4 Å². The average molecular weight is 930 g/mol. The molecule has 6 N–H and O–H groups in total. The molecule has 2 aliphatic carbocycles. The van der Waals surface area contributed by atoms with E-state index in [2.05, 4.69) is 91.8 Å². The normalized spacial score (nSPS) is 18.3. The van der Waals surface area contributed by atoms with E-state index in [0.717, 1.165) is 53.9 Å². The number of rotatable bonds is 6. The van der Waals surface area contributed by atoms with Crippen LogP contribution < -0.4 is 0 Å². The van der Waals surface area contributed by atoms with Crippen LogP contribution in [0.4, 0.5) is 0 Å². The van der Waals surface area contributed by atoms with Crippen molar-refractivity contribution in [1.29, 1.82) is 5.26 Å². The molecule has 364 valence electrons. The van der Waals surface area contributed by atoms with Crippen LogP contribution in [0.25, 0.3) is 21.5 Å². The van der Waals surface area contributed by atoms with Gasteiger partial charge in [0.25, 0.3) is 0 Å². The number of hydrogen-bond donors (Lipinski definition) is 6. The molecule has 0 bridgehead atoms. The highest BCUT2D eigenvalue weighted by molar-refractivity contribution is 5.92. The predicted molar refractivity (Wildman–Crippen MR) is 285 cm³/mol. The van der Waals surface area contributed by atoms with E-state index in [1.54, 1.807) is 37.3 Å². The standard InChI is InChI=1S/2C14H16O.C12H16O.C11H13NO2.C11H14O/c1-3-10(2)11-6-4-8-13-12(11)7-5-9-14(13)15;1-3-10(2)11-8-9-14(15)13-7-5-4-6-12(11)13;1-8-3-4-10-7-11(13)5-6-12(10)9(8)2;1-3-11(2,7-12)8-4-5-9(13)10(14)6-8;1-7-5-9-6-10(12)3-4-11(9)8(7)2/h2*4-10,15H,3H2,1-2H3;5-9,13H,3-4H2,1-2H3;4-6,13-14H,3H2,1-2H3;3-4,6-8,12H,5H2,1-2H3. The highest BCUT2D eigenvalue weighted by Gasteiger charge is 2.26. The van der Waals surface area contributed by atoms with E-state index in [0.29, 0.717) is 53.1 Å². The molecule has 0 radical (unpaired) electrons. The third-order valence-corrected chi connectivity index (χ3v) is 15.1. The lowest BCUT2D eigenvalue weighted by Crippen LogP contribution is -2.17. The van der Waals surface area contributed by atoms with Crippen molar-refractivity contribution in [3.63, 3.8) is 0 Å². The molecule has 0 spiro atoms. The Hall–Kier alpha value is -6.65. The van der Waals surface area contributed by atoms with Crippen molar-refractivity contribution >= 4 is 21.5 Å². The van der Waals surface area contributed by atoms with Gasteiger partial charge in [0, 0.05) is 10.8 Å². The topological polar surface area (TPSA) is 145 Å². The van der Waals surface area contributed by atoms with Crippen molar-refractivity contribution in [2.75, 3.05) is 0 Å². The van der Waals surface area contributed by atoms with Crippen LogP contribution in [0.3, 0.4) is 0 Å². The van der Waals surface area contributed by atoms with Crippen LogP contribution in [0.15, 0.2) is 127 Å². The molecular formula is C62H75NO6. The summed E-state index contributed by atoms with van der Waals surface area (Å²) < 4.78 is 0. The van der Waals surface area contributed by atoms with Crippen molar-refractivity contribution in [2.45, 2.75) is 137 Å². The van der Waals surface area contributed by atoms with E-state index < -0.39 is 5.41 Å².